The number of ether oxygens (including phenoxy) is 2. The molecule has 98 valence electrons. The van der Waals surface area contributed by atoms with Crippen LogP contribution in [0.25, 0.3) is 0 Å². The lowest BCUT2D eigenvalue weighted by atomic mass is 10.2. The summed E-state index contributed by atoms with van der Waals surface area (Å²) in [5, 5.41) is 0.550. The molecule has 2 aromatic rings. The van der Waals surface area contributed by atoms with Crippen molar-refractivity contribution < 1.29 is 14.3 Å². The van der Waals surface area contributed by atoms with Crippen molar-refractivity contribution in [3.63, 3.8) is 0 Å². The van der Waals surface area contributed by atoms with Crippen LogP contribution in [-0.2, 0) is 11.3 Å². The molecule has 0 fully saturated rings. The molecule has 19 heavy (non-hydrogen) atoms. The van der Waals surface area contributed by atoms with Crippen LogP contribution in [0, 0.1) is 0 Å². The normalized spacial score (nSPS) is 10.0. The van der Waals surface area contributed by atoms with E-state index in [9.17, 15) is 4.79 Å². The number of esters is 1. The van der Waals surface area contributed by atoms with Crippen LogP contribution < -0.4 is 4.74 Å². The molecular weight excluding hydrogens is 266 g/mol. The lowest BCUT2D eigenvalue weighted by Crippen LogP contribution is -2.04. The fourth-order valence-corrected chi connectivity index (χ4v) is 1.65. The number of carbonyl (C=O) groups excluding carboxylic acids is 1. The smallest absolute Gasteiger partial charge is 0.339 e. The summed E-state index contributed by atoms with van der Waals surface area (Å²) in [6.45, 7) is 0.283. The molecule has 0 N–H and O–H groups in total. The van der Waals surface area contributed by atoms with E-state index in [0.29, 0.717) is 22.0 Å². The topological polar surface area (TPSA) is 48.4 Å². The van der Waals surface area contributed by atoms with Gasteiger partial charge in [-0.1, -0.05) is 23.7 Å². The summed E-state index contributed by atoms with van der Waals surface area (Å²) in [7, 11) is 1.33. The zero-order valence-corrected chi connectivity index (χ0v) is 11.1. The number of rotatable bonds is 4. The summed E-state index contributed by atoms with van der Waals surface area (Å²) < 4.78 is 10.1. The van der Waals surface area contributed by atoms with Gasteiger partial charge < -0.3 is 9.47 Å². The second kappa shape index (κ2) is 6.20. The van der Waals surface area contributed by atoms with E-state index in [0.717, 1.165) is 0 Å². The highest BCUT2D eigenvalue weighted by Gasteiger charge is 2.06. The molecule has 4 nitrogen and oxygen atoms in total. The SMILES string of the molecule is COC(=O)c1ccc(COc2ccccc2Cl)nc1. The van der Waals surface area contributed by atoms with E-state index in [1.807, 2.05) is 12.1 Å². The van der Waals surface area contributed by atoms with Gasteiger partial charge in [0, 0.05) is 6.20 Å². The molecule has 0 saturated carbocycles. The Balaban J connectivity index is 2.01. The molecular formula is C14H12ClNO3. The first-order valence-corrected chi connectivity index (χ1v) is 5.99. The van der Waals surface area contributed by atoms with Crippen LogP contribution in [0.3, 0.4) is 0 Å². The summed E-state index contributed by atoms with van der Waals surface area (Å²) in [5.41, 5.74) is 1.11. The maximum atomic E-state index is 11.2. The zero-order chi connectivity index (χ0) is 13.7. The molecule has 0 spiro atoms. The fraction of sp³-hybridized carbons (Fsp3) is 0.143. The van der Waals surface area contributed by atoms with Gasteiger partial charge >= 0.3 is 5.97 Å². The highest BCUT2D eigenvalue weighted by atomic mass is 35.5. The Kier molecular flexibility index (Phi) is 4.36. The van der Waals surface area contributed by atoms with Crippen molar-refractivity contribution in [2.45, 2.75) is 6.61 Å². The number of aromatic nitrogens is 1. The second-order valence-corrected chi connectivity index (χ2v) is 4.16. The first-order valence-electron chi connectivity index (χ1n) is 5.61. The average Bonchev–Trinajstić information content (AvgIpc) is 2.46. The minimum absolute atomic E-state index is 0.283. The van der Waals surface area contributed by atoms with E-state index < -0.39 is 5.97 Å². The predicted octanol–water partition coefficient (Wildman–Crippen LogP) is 3.10. The third-order valence-corrected chi connectivity index (χ3v) is 2.77. The van der Waals surface area contributed by atoms with Crippen LogP contribution in [-0.4, -0.2) is 18.1 Å². The molecule has 0 amide bonds. The quantitative estimate of drug-likeness (QED) is 0.806. The lowest BCUT2D eigenvalue weighted by Gasteiger charge is -2.07. The predicted molar refractivity (Wildman–Crippen MR) is 71.4 cm³/mol. The van der Waals surface area contributed by atoms with Gasteiger partial charge in [0.15, 0.2) is 0 Å². The highest BCUT2D eigenvalue weighted by molar-refractivity contribution is 6.32. The number of para-hydroxylation sites is 1. The van der Waals surface area contributed by atoms with E-state index >= 15 is 0 Å². The maximum Gasteiger partial charge on any atom is 0.339 e. The van der Waals surface area contributed by atoms with Crippen LogP contribution in [0.4, 0.5) is 0 Å². The van der Waals surface area contributed by atoms with Crippen LogP contribution in [0.5, 0.6) is 5.75 Å². The molecule has 0 aliphatic carbocycles. The van der Waals surface area contributed by atoms with E-state index in [2.05, 4.69) is 9.72 Å². The Hall–Kier alpha value is -2.07. The largest absolute Gasteiger partial charge is 0.486 e. The number of carbonyl (C=O) groups is 1. The zero-order valence-electron chi connectivity index (χ0n) is 10.3. The second-order valence-electron chi connectivity index (χ2n) is 3.75. The van der Waals surface area contributed by atoms with Gasteiger partial charge in [0.2, 0.25) is 0 Å². The Morgan fingerprint density at radius 1 is 1.26 bits per heavy atom. The minimum atomic E-state index is -0.411. The van der Waals surface area contributed by atoms with Gasteiger partial charge in [-0.2, -0.15) is 0 Å². The molecule has 0 aliphatic heterocycles. The van der Waals surface area contributed by atoms with E-state index in [1.165, 1.54) is 13.3 Å². The van der Waals surface area contributed by atoms with Crippen LogP contribution in [0.2, 0.25) is 5.02 Å². The molecule has 1 aromatic carbocycles. The van der Waals surface area contributed by atoms with Crippen molar-refractivity contribution in [1.29, 1.82) is 0 Å². The Bertz CT molecular complexity index is 569. The number of halogens is 1. The number of nitrogens with zero attached hydrogens (tertiary/aromatic N) is 1. The molecule has 0 unspecified atom stereocenters. The summed E-state index contributed by atoms with van der Waals surface area (Å²) in [5.74, 6) is 0.189. The number of hydrogen-bond donors (Lipinski definition) is 0. The third kappa shape index (κ3) is 3.45. The van der Waals surface area contributed by atoms with Crippen LogP contribution in [0.15, 0.2) is 42.6 Å². The average molecular weight is 278 g/mol. The van der Waals surface area contributed by atoms with Crippen molar-refractivity contribution in [2.75, 3.05) is 7.11 Å². The van der Waals surface area contributed by atoms with E-state index in [-0.39, 0.29) is 6.61 Å². The van der Waals surface area contributed by atoms with Gasteiger partial charge in [0.25, 0.3) is 0 Å². The van der Waals surface area contributed by atoms with Crippen molar-refractivity contribution >= 4 is 17.6 Å². The summed E-state index contributed by atoms with van der Waals surface area (Å²) in [6.07, 6.45) is 1.46. The van der Waals surface area contributed by atoms with Gasteiger partial charge in [-0.3, -0.25) is 4.98 Å². The number of hydrogen-bond acceptors (Lipinski definition) is 4. The molecule has 0 radical (unpaired) electrons. The Labute approximate surface area is 115 Å². The van der Waals surface area contributed by atoms with Crippen LogP contribution >= 0.6 is 11.6 Å². The number of benzene rings is 1. The number of methoxy groups -OCH3 is 1. The van der Waals surface area contributed by atoms with Crippen LogP contribution in [0.1, 0.15) is 16.1 Å². The molecule has 0 atom stereocenters. The molecule has 0 saturated heterocycles. The van der Waals surface area contributed by atoms with Gasteiger partial charge in [0.1, 0.15) is 12.4 Å². The monoisotopic (exact) mass is 277 g/mol. The Morgan fingerprint density at radius 2 is 2.05 bits per heavy atom. The van der Waals surface area contributed by atoms with Gasteiger partial charge in [0.05, 0.1) is 23.4 Å². The number of pyridine rings is 1. The third-order valence-electron chi connectivity index (χ3n) is 2.46. The molecule has 0 bridgehead atoms. The molecule has 1 aromatic heterocycles. The van der Waals surface area contributed by atoms with Gasteiger partial charge in [-0.05, 0) is 24.3 Å². The summed E-state index contributed by atoms with van der Waals surface area (Å²) in [6, 6.07) is 10.6. The van der Waals surface area contributed by atoms with Gasteiger partial charge in [-0.15, -0.1) is 0 Å². The summed E-state index contributed by atoms with van der Waals surface area (Å²) in [4.78, 5) is 15.4. The molecule has 0 aliphatic rings. The minimum Gasteiger partial charge on any atom is -0.486 e. The van der Waals surface area contributed by atoms with E-state index in [4.69, 9.17) is 16.3 Å². The molecule has 2 rings (SSSR count). The Morgan fingerprint density at radius 3 is 2.68 bits per heavy atom. The lowest BCUT2D eigenvalue weighted by molar-refractivity contribution is 0.0600. The van der Waals surface area contributed by atoms with Crippen molar-refractivity contribution in [1.82, 2.24) is 4.98 Å². The van der Waals surface area contributed by atoms with Crippen molar-refractivity contribution in [2.24, 2.45) is 0 Å². The van der Waals surface area contributed by atoms with Gasteiger partial charge in [-0.25, -0.2) is 4.79 Å². The summed E-state index contributed by atoms with van der Waals surface area (Å²) >= 11 is 5.97. The molecule has 1 heterocycles. The van der Waals surface area contributed by atoms with E-state index in [1.54, 1.807) is 24.3 Å². The maximum absolute atomic E-state index is 11.2. The standard InChI is InChI=1S/C14H12ClNO3/c1-18-14(17)10-6-7-11(16-8-10)9-19-13-5-3-2-4-12(13)15/h2-8H,9H2,1H3. The van der Waals surface area contributed by atoms with Crippen molar-refractivity contribution in [3.8, 4) is 5.75 Å². The first-order chi connectivity index (χ1) is 9.20. The molecule has 5 heteroatoms. The van der Waals surface area contributed by atoms with Crippen molar-refractivity contribution in [3.05, 3.63) is 58.9 Å². The first kappa shape index (κ1) is 13.4. The fourth-order valence-electron chi connectivity index (χ4n) is 1.46. The highest BCUT2D eigenvalue weighted by Crippen LogP contribution is 2.23.